The van der Waals surface area contributed by atoms with Crippen LogP contribution in [0.4, 0.5) is 0 Å². The lowest BCUT2D eigenvalue weighted by Gasteiger charge is -2.22. The molecule has 0 aromatic heterocycles. The summed E-state index contributed by atoms with van der Waals surface area (Å²) in [5.41, 5.74) is 0. The number of amides is 1. The molecule has 1 amide bonds. The van der Waals surface area contributed by atoms with Crippen LogP contribution in [0.15, 0.2) is 24.3 Å². The molecule has 0 aliphatic heterocycles. The first-order chi connectivity index (χ1) is 28.0. The van der Waals surface area contributed by atoms with E-state index < -0.39 is 12.1 Å². The maximum atomic E-state index is 12.4. The summed E-state index contributed by atoms with van der Waals surface area (Å²) in [7, 11) is 0. The molecule has 0 spiro atoms. The second-order valence-electron chi connectivity index (χ2n) is 17.1. The standard InChI is InChI=1S/C51H97NO5/c1-3-5-7-9-11-13-15-17-18-19-20-21-23-25-29-33-37-41-45-51(56)57-46-42-38-34-30-26-28-32-36-40-44-50(55)52-48(47-53)49(54)43-39-35-31-27-24-22-16-14-12-10-8-6-4-2/h18-19,28,32,48-49,53-54H,3-17,20-27,29-31,33-47H2,1-2H3,(H,52,55)/b19-18-,32-28-. The van der Waals surface area contributed by atoms with Crippen molar-refractivity contribution in [2.24, 2.45) is 0 Å². The van der Waals surface area contributed by atoms with E-state index in [1.807, 2.05) is 0 Å². The first-order valence-corrected chi connectivity index (χ1v) is 25.1. The molecule has 0 bridgehead atoms. The van der Waals surface area contributed by atoms with Crippen molar-refractivity contribution in [3.05, 3.63) is 24.3 Å². The molecule has 2 unspecified atom stereocenters. The summed E-state index contributed by atoms with van der Waals surface area (Å²) in [5, 5.41) is 23.1. The van der Waals surface area contributed by atoms with E-state index in [0.717, 1.165) is 70.6 Å². The van der Waals surface area contributed by atoms with Gasteiger partial charge in [-0.25, -0.2) is 0 Å². The zero-order valence-corrected chi connectivity index (χ0v) is 38.1. The molecule has 2 atom stereocenters. The number of carbonyl (C=O) groups excluding carboxylic acids is 2. The van der Waals surface area contributed by atoms with Crippen LogP contribution in [-0.4, -0.2) is 47.4 Å². The van der Waals surface area contributed by atoms with Gasteiger partial charge in [-0.05, 0) is 70.6 Å². The molecule has 0 saturated heterocycles. The minimum atomic E-state index is -0.694. The Morgan fingerprint density at radius 1 is 0.474 bits per heavy atom. The Hall–Kier alpha value is -1.66. The number of aliphatic hydroxyl groups is 2. The van der Waals surface area contributed by atoms with Crippen LogP contribution in [0, 0.1) is 0 Å². The van der Waals surface area contributed by atoms with E-state index in [-0.39, 0.29) is 18.5 Å². The van der Waals surface area contributed by atoms with E-state index in [1.165, 1.54) is 161 Å². The lowest BCUT2D eigenvalue weighted by atomic mass is 10.0. The van der Waals surface area contributed by atoms with E-state index in [0.29, 0.717) is 25.9 Å². The number of carbonyl (C=O) groups is 2. The van der Waals surface area contributed by atoms with Gasteiger partial charge in [0.15, 0.2) is 0 Å². The predicted octanol–water partition coefficient (Wildman–Crippen LogP) is 14.7. The van der Waals surface area contributed by atoms with Gasteiger partial charge in [-0.1, -0.05) is 205 Å². The van der Waals surface area contributed by atoms with Crippen LogP contribution in [0.3, 0.4) is 0 Å². The van der Waals surface area contributed by atoms with Crippen LogP contribution in [-0.2, 0) is 14.3 Å². The number of aliphatic hydroxyl groups excluding tert-OH is 2. The van der Waals surface area contributed by atoms with E-state index in [9.17, 15) is 19.8 Å². The third-order valence-electron chi connectivity index (χ3n) is 11.5. The molecule has 0 radical (unpaired) electrons. The summed E-state index contributed by atoms with van der Waals surface area (Å²) in [6.07, 6.45) is 54.4. The minimum absolute atomic E-state index is 0.0389. The van der Waals surface area contributed by atoms with E-state index in [1.54, 1.807) is 0 Å². The summed E-state index contributed by atoms with van der Waals surface area (Å²) >= 11 is 0. The van der Waals surface area contributed by atoms with Gasteiger partial charge in [0.25, 0.3) is 0 Å². The molecule has 3 N–H and O–H groups in total. The third kappa shape index (κ3) is 43.7. The van der Waals surface area contributed by atoms with Gasteiger partial charge in [-0.3, -0.25) is 9.59 Å². The molecule has 0 aromatic rings. The summed E-state index contributed by atoms with van der Waals surface area (Å²) in [6.45, 7) is 4.85. The maximum absolute atomic E-state index is 12.4. The Balaban J connectivity index is 3.52. The first kappa shape index (κ1) is 55.3. The van der Waals surface area contributed by atoms with Crippen LogP contribution in [0.5, 0.6) is 0 Å². The van der Waals surface area contributed by atoms with Crippen LogP contribution in [0.25, 0.3) is 0 Å². The Labute approximate surface area is 354 Å². The highest BCUT2D eigenvalue weighted by Gasteiger charge is 2.20. The topological polar surface area (TPSA) is 95.9 Å². The highest BCUT2D eigenvalue weighted by molar-refractivity contribution is 5.76. The molecule has 0 fully saturated rings. The summed E-state index contributed by atoms with van der Waals surface area (Å²) in [5.74, 6) is -0.135. The molecule has 0 heterocycles. The zero-order valence-electron chi connectivity index (χ0n) is 38.1. The molecule has 6 nitrogen and oxygen atoms in total. The number of esters is 1. The molecule has 0 aliphatic carbocycles. The fraction of sp³-hybridized carbons (Fsp3) is 0.882. The monoisotopic (exact) mass is 804 g/mol. The molecule has 336 valence electrons. The number of allylic oxidation sites excluding steroid dienone is 4. The average molecular weight is 804 g/mol. The number of rotatable bonds is 46. The molecule has 0 saturated carbocycles. The van der Waals surface area contributed by atoms with Gasteiger partial charge in [0.2, 0.25) is 5.91 Å². The number of hydrogen-bond donors (Lipinski definition) is 3. The lowest BCUT2D eigenvalue weighted by molar-refractivity contribution is -0.143. The quantitative estimate of drug-likeness (QED) is 0.0324. The fourth-order valence-corrected chi connectivity index (χ4v) is 7.58. The Morgan fingerprint density at radius 3 is 1.28 bits per heavy atom. The highest BCUT2D eigenvalue weighted by Crippen LogP contribution is 2.15. The zero-order chi connectivity index (χ0) is 41.5. The minimum Gasteiger partial charge on any atom is -0.466 e. The molecular weight excluding hydrogens is 707 g/mol. The van der Waals surface area contributed by atoms with Crippen molar-refractivity contribution in [3.8, 4) is 0 Å². The normalized spacial score (nSPS) is 12.8. The molecule has 6 heteroatoms. The van der Waals surface area contributed by atoms with Gasteiger partial charge < -0.3 is 20.3 Å². The van der Waals surface area contributed by atoms with Crippen molar-refractivity contribution in [2.45, 2.75) is 276 Å². The van der Waals surface area contributed by atoms with E-state index in [4.69, 9.17) is 4.74 Å². The van der Waals surface area contributed by atoms with Gasteiger partial charge in [0.05, 0.1) is 25.4 Å². The van der Waals surface area contributed by atoms with Crippen molar-refractivity contribution in [1.29, 1.82) is 0 Å². The maximum Gasteiger partial charge on any atom is 0.305 e. The Kier molecular flexibility index (Phi) is 45.7. The van der Waals surface area contributed by atoms with Gasteiger partial charge in [-0.15, -0.1) is 0 Å². The smallest absolute Gasteiger partial charge is 0.305 e. The summed E-state index contributed by atoms with van der Waals surface area (Å²) in [4.78, 5) is 24.4. The average Bonchev–Trinajstić information content (AvgIpc) is 3.21. The lowest BCUT2D eigenvalue weighted by Crippen LogP contribution is -2.45. The SMILES string of the molecule is CCCCCCCCC/C=C\CCCCCCCCCC(=O)OCCCCCC/C=C\CCCC(=O)NC(CO)C(O)CCCCCCCCCCCCCCC. The van der Waals surface area contributed by atoms with Gasteiger partial charge in [-0.2, -0.15) is 0 Å². The fourth-order valence-electron chi connectivity index (χ4n) is 7.58. The van der Waals surface area contributed by atoms with Gasteiger partial charge >= 0.3 is 5.97 Å². The second kappa shape index (κ2) is 47.0. The van der Waals surface area contributed by atoms with Crippen molar-refractivity contribution in [3.63, 3.8) is 0 Å². The largest absolute Gasteiger partial charge is 0.466 e. The van der Waals surface area contributed by atoms with Crippen molar-refractivity contribution >= 4 is 11.9 Å². The molecule has 0 rings (SSSR count). The van der Waals surface area contributed by atoms with Gasteiger partial charge in [0.1, 0.15) is 0 Å². The molecule has 57 heavy (non-hydrogen) atoms. The van der Waals surface area contributed by atoms with Crippen LogP contribution >= 0.6 is 0 Å². The van der Waals surface area contributed by atoms with Crippen LogP contribution < -0.4 is 5.32 Å². The van der Waals surface area contributed by atoms with E-state index >= 15 is 0 Å². The molecule has 0 aliphatic rings. The van der Waals surface area contributed by atoms with Crippen LogP contribution in [0.1, 0.15) is 264 Å². The molecule has 0 aromatic carbocycles. The molecular formula is C51H97NO5. The summed E-state index contributed by atoms with van der Waals surface area (Å²) in [6, 6.07) is -0.578. The number of unbranched alkanes of at least 4 members (excludes halogenated alkanes) is 31. The number of nitrogens with one attached hydrogen (secondary N) is 1. The van der Waals surface area contributed by atoms with Crippen molar-refractivity contribution < 1.29 is 24.5 Å². The predicted molar refractivity (Wildman–Crippen MR) is 246 cm³/mol. The number of hydrogen-bond acceptors (Lipinski definition) is 5. The third-order valence-corrected chi connectivity index (χ3v) is 11.5. The van der Waals surface area contributed by atoms with Gasteiger partial charge in [0, 0.05) is 12.8 Å². The van der Waals surface area contributed by atoms with Crippen molar-refractivity contribution in [1.82, 2.24) is 5.32 Å². The van der Waals surface area contributed by atoms with Crippen LogP contribution in [0.2, 0.25) is 0 Å². The highest BCUT2D eigenvalue weighted by atomic mass is 16.5. The van der Waals surface area contributed by atoms with E-state index in [2.05, 4.69) is 43.5 Å². The Bertz CT molecular complexity index is 889. The second-order valence-corrected chi connectivity index (χ2v) is 17.1. The first-order valence-electron chi connectivity index (χ1n) is 25.1. The summed E-state index contributed by atoms with van der Waals surface area (Å²) < 4.78 is 5.44. The number of ether oxygens (including phenoxy) is 1. The van der Waals surface area contributed by atoms with Crippen molar-refractivity contribution in [2.75, 3.05) is 13.2 Å². The Morgan fingerprint density at radius 2 is 0.842 bits per heavy atom.